The molecule has 0 amide bonds. The van der Waals surface area contributed by atoms with Crippen LogP contribution in [0.4, 0.5) is 0 Å². The fourth-order valence-corrected chi connectivity index (χ4v) is 8.32. The van der Waals surface area contributed by atoms with E-state index in [4.69, 9.17) is 14.2 Å². The van der Waals surface area contributed by atoms with E-state index < -0.39 is 12.1 Å². The number of unbranched alkanes of at least 4 members (excludes halogenated alkanes) is 22. The Labute approximate surface area is 468 Å². The van der Waals surface area contributed by atoms with Gasteiger partial charge < -0.3 is 14.2 Å². The van der Waals surface area contributed by atoms with Crippen molar-refractivity contribution in [2.45, 2.75) is 277 Å². The minimum atomic E-state index is -0.817. The van der Waals surface area contributed by atoms with Crippen molar-refractivity contribution in [2.75, 3.05) is 13.2 Å². The Kier molecular flexibility index (Phi) is 59.4. The first-order valence-corrected chi connectivity index (χ1v) is 31.2. The first-order valence-electron chi connectivity index (χ1n) is 31.2. The molecule has 0 spiro atoms. The first kappa shape index (κ1) is 71.5. The summed E-state index contributed by atoms with van der Waals surface area (Å²) in [7, 11) is 0. The molecule has 0 aromatic rings. The third kappa shape index (κ3) is 60.4. The zero-order valence-electron chi connectivity index (χ0n) is 49.2. The molecular weight excluding hydrogens is 937 g/mol. The highest BCUT2D eigenvalue weighted by Crippen LogP contribution is 2.16. The summed E-state index contributed by atoms with van der Waals surface area (Å²) in [6, 6.07) is 0. The van der Waals surface area contributed by atoms with Gasteiger partial charge in [0.25, 0.3) is 0 Å². The molecule has 0 bridgehead atoms. The molecule has 1 unspecified atom stereocenters. The molecule has 0 aromatic heterocycles. The molecule has 0 aliphatic carbocycles. The van der Waals surface area contributed by atoms with Gasteiger partial charge in [-0.2, -0.15) is 0 Å². The van der Waals surface area contributed by atoms with Crippen molar-refractivity contribution in [3.05, 3.63) is 134 Å². The Bertz CT molecular complexity index is 1630. The van der Waals surface area contributed by atoms with E-state index in [9.17, 15) is 14.4 Å². The fourth-order valence-electron chi connectivity index (χ4n) is 8.32. The number of rotatable bonds is 55. The predicted molar refractivity (Wildman–Crippen MR) is 329 cm³/mol. The van der Waals surface area contributed by atoms with E-state index in [1.54, 1.807) is 0 Å². The normalized spacial score (nSPS) is 13.0. The summed E-state index contributed by atoms with van der Waals surface area (Å²) in [5, 5.41) is 0. The molecule has 0 aliphatic rings. The second kappa shape index (κ2) is 63.1. The second-order valence-electron chi connectivity index (χ2n) is 20.2. The van der Waals surface area contributed by atoms with E-state index in [0.29, 0.717) is 19.3 Å². The van der Waals surface area contributed by atoms with Gasteiger partial charge in [-0.3, -0.25) is 14.4 Å². The Morgan fingerprint density at radius 2 is 0.539 bits per heavy atom. The SMILES string of the molecule is CC/C=C\C/C=C\C/C=C\C/C=C\C/C=C\C/C=C\CCC(=O)OC(COC(=O)CCCCCCCC)COC(=O)CCCCCCCCCCCCCCCCCCC/C=C\C/C=C\C/C=C\C/C=C\C/C=C\CC. The number of allylic oxidation sites excluding steroid dienone is 22. The number of esters is 3. The molecular formula is C70H114O6. The topological polar surface area (TPSA) is 78.9 Å². The molecule has 6 heteroatoms. The van der Waals surface area contributed by atoms with E-state index in [2.05, 4.69) is 142 Å². The lowest BCUT2D eigenvalue weighted by Crippen LogP contribution is -2.30. The van der Waals surface area contributed by atoms with E-state index in [-0.39, 0.29) is 31.6 Å². The van der Waals surface area contributed by atoms with Gasteiger partial charge in [0.15, 0.2) is 6.10 Å². The van der Waals surface area contributed by atoms with Crippen molar-refractivity contribution in [1.82, 2.24) is 0 Å². The molecule has 0 N–H and O–H groups in total. The Morgan fingerprint density at radius 1 is 0.276 bits per heavy atom. The smallest absolute Gasteiger partial charge is 0.306 e. The first-order chi connectivity index (χ1) is 37.5. The standard InChI is InChI=1S/C70H114O6/c1-4-7-10-13-16-18-20-22-24-26-28-29-30-31-32-33-34-35-36-37-38-39-40-41-43-44-46-48-50-52-54-57-60-63-69(72)75-66-67(65-74-68(71)62-59-56-15-12-9-6-3)76-70(73)64-61-58-55-53-51-49-47-45-42-27-25-23-21-19-17-14-11-8-5-2/h7-8,10-11,16-19,22-25,28-29,31-32,42,45,49,51,55,58,67H,4-6,9,12-15,20-21,26-27,30,33-41,43-44,46-48,50,52-54,56-57,59-66H2,1-3H3/b10-7-,11-8-,18-16-,19-17-,24-22-,25-23-,29-28-,32-31-,45-42-,51-49-,58-55-. The number of carbonyl (C=O) groups is 3. The third-order valence-corrected chi connectivity index (χ3v) is 12.9. The van der Waals surface area contributed by atoms with Crippen LogP contribution >= 0.6 is 0 Å². The van der Waals surface area contributed by atoms with E-state index in [0.717, 1.165) is 109 Å². The van der Waals surface area contributed by atoms with Crippen LogP contribution in [0.3, 0.4) is 0 Å². The van der Waals surface area contributed by atoms with Crippen LogP contribution in [0.15, 0.2) is 134 Å². The van der Waals surface area contributed by atoms with Crippen molar-refractivity contribution < 1.29 is 28.6 Å². The van der Waals surface area contributed by atoms with Crippen LogP contribution in [-0.4, -0.2) is 37.2 Å². The molecule has 0 saturated heterocycles. The molecule has 430 valence electrons. The Hall–Kier alpha value is -4.45. The van der Waals surface area contributed by atoms with E-state index in [1.807, 2.05) is 12.2 Å². The summed E-state index contributed by atoms with van der Waals surface area (Å²) in [5.74, 6) is -1.00. The lowest BCUT2D eigenvalue weighted by atomic mass is 10.0. The largest absolute Gasteiger partial charge is 0.462 e. The van der Waals surface area contributed by atoms with Gasteiger partial charge in [0.1, 0.15) is 13.2 Å². The van der Waals surface area contributed by atoms with Crippen LogP contribution in [0, 0.1) is 0 Å². The van der Waals surface area contributed by atoms with Crippen molar-refractivity contribution in [1.29, 1.82) is 0 Å². The zero-order chi connectivity index (χ0) is 55.0. The zero-order valence-corrected chi connectivity index (χ0v) is 49.2. The van der Waals surface area contributed by atoms with Crippen molar-refractivity contribution in [3.63, 3.8) is 0 Å². The van der Waals surface area contributed by atoms with Crippen molar-refractivity contribution in [2.24, 2.45) is 0 Å². The van der Waals surface area contributed by atoms with Crippen molar-refractivity contribution >= 4 is 17.9 Å². The van der Waals surface area contributed by atoms with Crippen LogP contribution < -0.4 is 0 Å². The average Bonchev–Trinajstić information content (AvgIpc) is 3.42. The minimum absolute atomic E-state index is 0.109. The molecule has 0 aliphatic heterocycles. The fraction of sp³-hybridized carbons (Fsp3) is 0.643. The second-order valence-corrected chi connectivity index (χ2v) is 20.2. The molecule has 76 heavy (non-hydrogen) atoms. The summed E-state index contributed by atoms with van der Waals surface area (Å²) in [6.07, 6.45) is 89.4. The summed E-state index contributed by atoms with van der Waals surface area (Å²) in [4.78, 5) is 37.9. The van der Waals surface area contributed by atoms with Gasteiger partial charge in [-0.05, 0) is 103 Å². The molecule has 0 heterocycles. The number of hydrogen-bond acceptors (Lipinski definition) is 6. The molecule has 0 rings (SSSR count). The molecule has 0 saturated carbocycles. The maximum absolute atomic E-state index is 12.8. The Balaban J connectivity index is 4.10. The van der Waals surface area contributed by atoms with Crippen LogP contribution in [0.5, 0.6) is 0 Å². The highest BCUT2D eigenvalue weighted by atomic mass is 16.6. The number of hydrogen-bond donors (Lipinski definition) is 0. The molecule has 1 atom stereocenters. The monoisotopic (exact) mass is 1050 g/mol. The highest BCUT2D eigenvalue weighted by Gasteiger charge is 2.19. The summed E-state index contributed by atoms with van der Waals surface area (Å²) in [6.45, 7) is 6.29. The van der Waals surface area contributed by atoms with Crippen LogP contribution in [0.25, 0.3) is 0 Å². The quantitative estimate of drug-likeness (QED) is 0.0261. The van der Waals surface area contributed by atoms with Crippen molar-refractivity contribution in [3.8, 4) is 0 Å². The van der Waals surface area contributed by atoms with Gasteiger partial charge >= 0.3 is 17.9 Å². The average molecular weight is 1050 g/mol. The highest BCUT2D eigenvalue weighted by molar-refractivity contribution is 5.71. The van der Waals surface area contributed by atoms with Gasteiger partial charge in [0.05, 0.1) is 0 Å². The molecule has 0 aromatic carbocycles. The predicted octanol–water partition coefficient (Wildman–Crippen LogP) is 21.4. The van der Waals surface area contributed by atoms with Gasteiger partial charge in [0, 0.05) is 19.3 Å². The summed E-state index contributed by atoms with van der Waals surface area (Å²) < 4.78 is 16.7. The van der Waals surface area contributed by atoms with Crippen LogP contribution in [0.2, 0.25) is 0 Å². The molecule has 0 radical (unpaired) electrons. The van der Waals surface area contributed by atoms with Crippen LogP contribution in [0.1, 0.15) is 271 Å². The van der Waals surface area contributed by atoms with Gasteiger partial charge in [-0.15, -0.1) is 0 Å². The minimum Gasteiger partial charge on any atom is -0.462 e. The summed E-state index contributed by atoms with van der Waals surface area (Å²) >= 11 is 0. The number of carbonyl (C=O) groups excluding carboxylic acids is 3. The maximum Gasteiger partial charge on any atom is 0.306 e. The third-order valence-electron chi connectivity index (χ3n) is 12.9. The summed E-state index contributed by atoms with van der Waals surface area (Å²) in [5.41, 5.74) is 0. The molecule has 6 nitrogen and oxygen atoms in total. The number of ether oxygens (including phenoxy) is 3. The van der Waals surface area contributed by atoms with Gasteiger partial charge in [-0.1, -0.05) is 283 Å². The molecule has 0 fully saturated rings. The van der Waals surface area contributed by atoms with E-state index in [1.165, 1.54) is 116 Å². The van der Waals surface area contributed by atoms with E-state index >= 15 is 0 Å². The van der Waals surface area contributed by atoms with Gasteiger partial charge in [-0.25, -0.2) is 0 Å². The maximum atomic E-state index is 12.8. The van der Waals surface area contributed by atoms with Crippen LogP contribution in [-0.2, 0) is 28.6 Å². The lowest BCUT2D eigenvalue weighted by Gasteiger charge is -2.18. The van der Waals surface area contributed by atoms with Gasteiger partial charge in [0.2, 0.25) is 0 Å². The lowest BCUT2D eigenvalue weighted by molar-refractivity contribution is -0.166. The Morgan fingerprint density at radius 3 is 0.855 bits per heavy atom.